The third-order valence-corrected chi connectivity index (χ3v) is 3.81. The molecule has 1 heterocycles. The molecule has 0 aliphatic heterocycles. The number of thiophene rings is 1. The fraction of sp³-hybridized carbons (Fsp3) is 0.167. The smallest absolute Gasteiger partial charge is 0.133 e. The van der Waals surface area contributed by atoms with Crippen molar-refractivity contribution in [2.75, 3.05) is 7.11 Å². The molecule has 0 fully saturated rings. The molecular formula is C12H10ClFO2S. The van der Waals surface area contributed by atoms with Crippen LogP contribution in [0.3, 0.4) is 0 Å². The Morgan fingerprint density at radius 2 is 2.18 bits per heavy atom. The minimum absolute atomic E-state index is 0.111. The zero-order valence-electron chi connectivity index (χ0n) is 8.98. The summed E-state index contributed by atoms with van der Waals surface area (Å²) in [5.74, 6) is -0.205. The molecule has 1 N–H and O–H groups in total. The van der Waals surface area contributed by atoms with Crippen LogP contribution in [0.5, 0.6) is 5.75 Å². The molecule has 1 aromatic carbocycles. The fourth-order valence-corrected chi connectivity index (χ4v) is 2.75. The highest BCUT2D eigenvalue weighted by molar-refractivity contribution is 7.10. The second-order valence-electron chi connectivity index (χ2n) is 3.39. The van der Waals surface area contributed by atoms with E-state index in [1.54, 1.807) is 17.5 Å². The molecule has 1 atom stereocenters. The van der Waals surface area contributed by atoms with Gasteiger partial charge in [-0.15, -0.1) is 11.3 Å². The van der Waals surface area contributed by atoms with Gasteiger partial charge in [0, 0.05) is 0 Å². The van der Waals surface area contributed by atoms with Gasteiger partial charge in [-0.25, -0.2) is 4.39 Å². The molecule has 5 heteroatoms. The van der Waals surface area contributed by atoms with Gasteiger partial charge in [-0.2, -0.15) is 0 Å². The normalized spacial score (nSPS) is 12.5. The number of aliphatic hydroxyl groups excluding tert-OH is 1. The first-order valence-corrected chi connectivity index (χ1v) is 6.14. The predicted molar refractivity (Wildman–Crippen MR) is 66.3 cm³/mol. The van der Waals surface area contributed by atoms with Crippen molar-refractivity contribution in [3.8, 4) is 5.75 Å². The summed E-state index contributed by atoms with van der Waals surface area (Å²) in [4.78, 5) is 0.509. The topological polar surface area (TPSA) is 29.5 Å². The van der Waals surface area contributed by atoms with Gasteiger partial charge in [0.05, 0.1) is 22.6 Å². The molecule has 2 rings (SSSR count). The van der Waals surface area contributed by atoms with Crippen molar-refractivity contribution >= 4 is 22.9 Å². The summed E-state index contributed by atoms with van der Waals surface area (Å²) < 4.78 is 18.8. The van der Waals surface area contributed by atoms with Gasteiger partial charge in [-0.1, -0.05) is 17.7 Å². The number of hydrogen-bond acceptors (Lipinski definition) is 3. The van der Waals surface area contributed by atoms with Crippen LogP contribution in [0.25, 0.3) is 0 Å². The Bertz CT molecular complexity index is 527. The van der Waals surface area contributed by atoms with Gasteiger partial charge in [-0.3, -0.25) is 0 Å². The van der Waals surface area contributed by atoms with Crippen molar-refractivity contribution in [3.63, 3.8) is 0 Å². The number of rotatable bonds is 3. The van der Waals surface area contributed by atoms with E-state index in [0.717, 1.165) is 0 Å². The van der Waals surface area contributed by atoms with Crippen molar-refractivity contribution in [2.45, 2.75) is 6.10 Å². The molecule has 17 heavy (non-hydrogen) atoms. The van der Waals surface area contributed by atoms with Crippen LogP contribution in [0, 0.1) is 5.82 Å². The van der Waals surface area contributed by atoms with Gasteiger partial charge in [0.25, 0.3) is 0 Å². The number of halogens is 2. The summed E-state index contributed by atoms with van der Waals surface area (Å²) in [7, 11) is 1.43. The first kappa shape index (κ1) is 12.4. The van der Waals surface area contributed by atoms with Crippen LogP contribution in [0.2, 0.25) is 5.02 Å². The van der Waals surface area contributed by atoms with Gasteiger partial charge in [-0.05, 0) is 23.6 Å². The third kappa shape index (κ3) is 2.29. The zero-order chi connectivity index (χ0) is 12.4. The van der Waals surface area contributed by atoms with Crippen molar-refractivity contribution < 1.29 is 14.2 Å². The van der Waals surface area contributed by atoms with E-state index in [1.165, 1.54) is 30.6 Å². The lowest BCUT2D eigenvalue weighted by atomic mass is 10.1. The van der Waals surface area contributed by atoms with Crippen LogP contribution in [0.1, 0.15) is 16.5 Å². The van der Waals surface area contributed by atoms with E-state index in [1.807, 2.05) is 0 Å². The minimum atomic E-state index is -1.11. The van der Waals surface area contributed by atoms with E-state index in [9.17, 15) is 9.50 Å². The average Bonchev–Trinajstić information content (AvgIpc) is 2.74. The van der Waals surface area contributed by atoms with E-state index >= 15 is 0 Å². The molecule has 90 valence electrons. The maximum Gasteiger partial charge on any atom is 0.133 e. The lowest BCUT2D eigenvalue weighted by Crippen LogP contribution is -2.04. The Labute approximate surface area is 107 Å². The van der Waals surface area contributed by atoms with Crippen molar-refractivity contribution in [3.05, 3.63) is 50.9 Å². The lowest BCUT2D eigenvalue weighted by molar-refractivity contribution is 0.212. The summed E-state index contributed by atoms with van der Waals surface area (Å²) in [6.45, 7) is 0. The van der Waals surface area contributed by atoms with Gasteiger partial charge >= 0.3 is 0 Å². The average molecular weight is 273 g/mol. The van der Waals surface area contributed by atoms with E-state index in [4.69, 9.17) is 16.3 Å². The first-order chi connectivity index (χ1) is 8.15. The van der Waals surface area contributed by atoms with Gasteiger partial charge in [0.15, 0.2) is 0 Å². The highest BCUT2D eigenvalue weighted by Gasteiger charge is 2.22. The summed E-state index contributed by atoms with van der Waals surface area (Å²) in [5.41, 5.74) is 0.111. The van der Waals surface area contributed by atoms with Crippen LogP contribution in [0.4, 0.5) is 4.39 Å². The third-order valence-electron chi connectivity index (χ3n) is 2.40. The van der Waals surface area contributed by atoms with Gasteiger partial charge < -0.3 is 9.84 Å². The quantitative estimate of drug-likeness (QED) is 0.924. The number of ether oxygens (including phenoxy) is 1. The fourth-order valence-electron chi connectivity index (χ4n) is 1.59. The largest absolute Gasteiger partial charge is 0.496 e. The number of hydrogen-bond donors (Lipinski definition) is 1. The van der Waals surface area contributed by atoms with Crippen molar-refractivity contribution in [1.29, 1.82) is 0 Å². The first-order valence-electron chi connectivity index (χ1n) is 4.88. The Hall–Kier alpha value is -1.10. The molecule has 0 radical (unpaired) electrons. The molecule has 0 saturated heterocycles. The van der Waals surface area contributed by atoms with Crippen LogP contribution >= 0.6 is 22.9 Å². The van der Waals surface area contributed by atoms with E-state index < -0.39 is 11.9 Å². The lowest BCUT2D eigenvalue weighted by Gasteiger charge is -2.14. The van der Waals surface area contributed by atoms with E-state index in [0.29, 0.717) is 15.6 Å². The number of methoxy groups -OCH3 is 1. The Kier molecular flexibility index (Phi) is 3.66. The highest BCUT2D eigenvalue weighted by atomic mass is 35.5. The molecule has 2 aromatic rings. The molecule has 0 amide bonds. The molecule has 1 aromatic heterocycles. The Morgan fingerprint density at radius 1 is 1.41 bits per heavy atom. The Morgan fingerprint density at radius 3 is 2.76 bits per heavy atom. The second-order valence-corrected chi connectivity index (χ2v) is 4.75. The van der Waals surface area contributed by atoms with Crippen LogP contribution in [-0.2, 0) is 0 Å². The predicted octanol–water partition coefficient (Wildman–Crippen LogP) is 3.63. The maximum absolute atomic E-state index is 13.7. The zero-order valence-corrected chi connectivity index (χ0v) is 10.6. The number of aliphatic hydroxyl groups is 1. The molecule has 0 saturated carbocycles. The van der Waals surface area contributed by atoms with Gasteiger partial charge in [0.2, 0.25) is 0 Å². The van der Waals surface area contributed by atoms with E-state index in [-0.39, 0.29) is 5.56 Å². The molecule has 0 spiro atoms. The van der Waals surface area contributed by atoms with Gasteiger partial charge in [0.1, 0.15) is 17.7 Å². The van der Waals surface area contributed by atoms with Crippen molar-refractivity contribution in [2.24, 2.45) is 0 Å². The standard InChI is InChI=1S/C12H10ClFO2S/c1-16-9-4-2-3-8(14)10(9)11(15)12-7(13)5-6-17-12/h2-6,11,15H,1H3. The molecular weight excluding hydrogens is 263 g/mol. The summed E-state index contributed by atoms with van der Waals surface area (Å²) in [5, 5.41) is 12.3. The Balaban J connectivity index is 2.50. The summed E-state index contributed by atoms with van der Waals surface area (Å²) >= 11 is 7.20. The SMILES string of the molecule is COc1cccc(F)c1C(O)c1sccc1Cl. The number of benzene rings is 1. The molecule has 0 aliphatic rings. The maximum atomic E-state index is 13.7. The molecule has 0 bridgehead atoms. The van der Waals surface area contributed by atoms with Crippen molar-refractivity contribution in [1.82, 2.24) is 0 Å². The monoisotopic (exact) mass is 272 g/mol. The van der Waals surface area contributed by atoms with Crippen LogP contribution < -0.4 is 4.74 Å². The van der Waals surface area contributed by atoms with Crippen LogP contribution in [-0.4, -0.2) is 12.2 Å². The second kappa shape index (κ2) is 5.04. The highest BCUT2D eigenvalue weighted by Crippen LogP contribution is 2.37. The molecule has 1 unspecified atom stereocenters. The molecule has 2 nitrogen and oxygen atoms in total. The van der Waals surface area contributed by atoms with Crippen LogP contribution in [0.15, 0.2) is 29.6 Å². The molecule has 0 aliphatic carbocycles. The van der Waals surface area contributed by atoms with E-state index in [2.05, 4.69) is 0 Å². The summed E-state index contributed by atoms with van der Waals surface area (Å²) in [6.07, 6.45) is -1.11. The minimum Gasteiger partial charge on any atom is -0.496 e. The summed E-state index contributed by atoms with van der Waals surface area (Å²) in [6, 6.07) is 6.07.